The maximum absolute atomic E-state index is 5.74. The predicted octanol–water partition coefficient (Wildman–Crippen LogP) is 1.01. The Morgan fingerprint density at radius 1 is 1.36 bits per heavy atom. The first kappa shape index (κ1) is 16.3. The molecule has 4 nitrogen and oxygen atoms in total. The maximum Gasteiger partial charge on any atom is 0.0518 e. The molecule has 0 rings (SSSR count). The van der Waals surface area contributed by atoms with Gasteiger partial charge in [0.05, 0.1) is 6.10 Å². The normalized spacial score (nSPS) is 11.1. The summed E-state index contributed by atoms with van der Waals surface area (Å²) in [5.74, 6) is 4.78. The van der Waals surface area contributed by atoms with Gasteiger partial charge in [-0.15, -0.1) is 0 Å². The van der Waals surface area contributed by atoms with Crippen LogP contribution in [-0.2, 0) is 4.74 Å². The van der Waals surface area contributed by atoms with Crippen molar-refractivity contribution in [3.63, 3.8) is 0 Å². The lowest BCUT2D eigenvalue weighted by molar-refractivity contribution is 0.0680. The molecule has 0 amide bonds. The van der Waals surface area contributed by atoms with Crippen molar-refractivity contribution in [3.8, 4) is 0 Å². The van der Waals surface area contributed by atoms with Crippen molar-refractivity contribution in [2.24, 2.45) is 11.6 Å². The Morgan fingerprint density at radius 3 is 2.00 bits per heavy atom. The van der Waals surface area contributed by atoms with E-state index in [1.807, 2.05) is 34.6 Å². The van der Waals surface area contributed by atoms with Crippen molar-refractivity contribution >= 4 is 0 Å². The summed E-state index contributed by atoms with van der Waals surface area (Å²) in [5.41, 5.74) is 8.08. The first-order valence-corrected chi connectivity index (χ1v) is 5.17. The fourth-order valence-electron chi connectivity index (χ4n) is 0.558. The summed E-state index contributed by atoms with van der Waals surface area (Å²) in [6.07, 6.45) is 1.24. The summed E-state index contributed by atoms with van der Waals surface area (Å²) in [7, 11) is 0. The average molecular weight is 205 g/mol. The van der Waals surface area contributed by atoms with Crippen molar-refractivity contribution in [2.45, 2.75) is 52.7 Å². The van der Waals surface area contributed by atoms with Crippen molar-refractivity contribution < 1.29 is 4.74 Å². The van der Waals surface area contributed by atoms with Crippen LogP contribution in [0.15, 0.2) is 0 Å². The zero-order valence-corrected chi connectivity index (χ0v) is 10.3. The smallest absolute Gasteiger partial charge is 0.0518 e. The molecule has 0 heterocycles. The van der Waals surface area contributed by atoms with Crippen LogP contribution >= 0.6 is 0 Å². The molecule has 0 spiro atoms. The lowest BCUT2D eigenvalue weighted by Gasteiger charge is -2.18. The van der Waals surface area contributed by atoms with Crippen molar-refractivity contribution in [2.75, 3.05) is 13.2 Å². The fourth-order valence-corrected chi connectivity index (χ4v) is 0.558. The van der Waals surface area contributed by atoms with E-state index in [1.165, 1.54) is 0 Å². The molecule has 88 valence electrons. The van der Waals surface area contributed by atoms with Gasteiger partial charge < -0.3 is 10.5 Å². The molecular formula is C10H27N3O. The summed E-state index contributed by atoms with van der Waals surface area (Å²) in [6.45, 7) is 11.6. The van der Waals surface area contributed by atoms with Gasteiger partial charge in [-0.05, 0) is 34.1 Å². The average Bonchev–Trinajstić information content (AvgIpc) is 2.02. The summed E-state index contributed by atoms with van der Waals surface area (Å²) in [5, 5.41) is 0. The Labute approximate surface area is 88.3 Å². The zero-order chi connectivity index (χ0) is 11.6. The van der Waals surface area contributed by atoms with E-state index >= 15 is 0 Å². The molecule has 14 heavy (non-hydrogen) atoms. The van der Waals surface area contributed by atoms with Gasteiger partial charge in [-0.1, -0.05) is 6.92 Å². The maximum atomic E-state index is 5.74. The Kier molecular flexibility index (Phi) is 10.9. The van der Waals surface area contributed by atoms with Crippen LogP contribution in [0.1, 0.15) is 41.0 Å². The quantitative estimate of drug-likeness (QED) is 0.462. The van der Waals surface area contributed by atoms with Gasteiger partial charge in [0.1, 0.15) is 0 Å². The summed E-state index contributed by atoms with van der Waals surface area (Å²) < 4.78 is 5.34. The third-order valence-corrected chi connectivity index (χ3v) is 1.40. The van der Waals surface area contributed by atoms with Crippen molar-refractivity contribution in [3.05, 3.63) is 0 Å². The van der Waals surface area contributed by atoms with Gasteiger partial charge in [-0.25, -0.2) is 0 Å². The van der Waals surface area contributed by atoms with Crippen LogP contribution in [0.3, 0.4) is 0 Å². The molecule has 0 aromatic carbocycles. The standard InChI is InChI=1S/C8H19NO.C2H8N2/c1-7(2)10-6-5-8(3,4)9;1-2-4-3/h7H,5-6,9H2,1-4H3;4H,2-3H2,1H3. The minimum atomic E-state index is -0.0884. The Bertz CT molecular complexity index is 108. The lowest BCUT2D eigenvalue weighted by atomic mass is 10.0. The Morgan fingerprint density at radius 2 is 1.79 bits per heavy atom. The molecule has 0 aromatic heterocycles. The third kappa shape index (κ3) is 22.6. The van der Waals surface area contributed by atoms with E-state index in [2.05, 4.69) is 5.43 Å². The van der Waals surface area contributed by atoms with E-state index in [4.69, 9.17) is 16.3 Å². The van der Waals surface area contributed by atoms with Crippen molar-refractivity contribution in [1.29, 1.82) is 0 Å². The first-order valence-electron chi connectivity index (χ1n) is 5.17. The molecule has 0 saturated heterocycles. The minimum Gasteiger partial charge on any atom is -0.379 e. The molecular weight excluding hydrogens is 178 g/mol. The van der Waals surface area contributed by atoms with E-state index < -0.39 is 0 Å². The number of hydrogen-bond acceptors (Lipinski definition) is 4. The van der Waals surface area contributed by atoms with E-state index in [0.717, 1.165) is 19.6 Å². The van der Waals surface area contributed by atoms with Gasteiger partial charge in [-0.2, -0.15) is 0 Å². The largest absolute Gasteiger partial charge is 0.379 e. The number of nitrogens with two attached hydrogens (primary N) is 2. The van der Waals surface area contributed by atoms with Crippen molar-refractivity contribution in [1.82, 2.24) is 5.43 Å². The monoisotopic (exact) mass is 205 g/mol. The highest BCUT2D eigenvalue weighted by Gasteiger charge is 2.09. The van der Waals surface area contributed by atoms with Gasteiger partial charge in [-0.3, -0.25) is 11.3 Å². The van der Waals surface area contributed by atoms with Crippen LogP contribution in [0.5, 0.6) is 0 Å². The minimum absolute atomic E-state index is 0.0884. The van der Waals surface area contributed by atoms with Crippen LogP contribution in [-0.4, -0.2) is 24.8 Å². The van der Waals surface area contributed by atoms with Gasteiger partial charge in [0, 0.05) is 18.7 Å². The number of rotatable bonds is 5. The number of nitrogens with one attached hydrogen (secondary N) is 1. The van der Waals surface area contributed by atoms with E-state index in [1.54, 1.807) is 0 Å². The van der Waals surface area contributed by atoms with Gasteiger partial charge in [0.2, 0.25) is 0 Å². The molecule has 4 heteroatoms. The molecule has 0 aromatic rings. The van der Waals surface area contributed by atoms with Crippen LogP contribution < -0.4 is 17.0 Å². The molecule has 0 radical (unpaired) electrons. The van der Waals surface area contributed by atoms with Gasteiger partial charge >= 0.3 is 0 Å². The molecule has 0 fully saturated rings. The molecule has 0 bridgehead atoms. The van der Waals surface area contributed by atoms with Crippen LogP contribution in [0.4, 0.5) is 0 Å². The van der Waals surface area contributed by atoms with Crippen LogP contribution in [0.2, 0.25) is 0 Å². The first-order chi connectivity index (χ1) is 6.33. The number of ether oxygens (including phenoxy) is 1. The molecule has 0 aliphatic carbocycles. The van der Waals surface area contributed by atoms with Gasteiger partial charge in [0.25, 0.3) is 0 Å². The molecule has 0 unspecified atom stereocenters. The number of hydrogen-bond donors (Lipinski definition) is 3. The summed E-state index contributed by atoms with van der Waals surface area (Å²) >= 11 is 0. The van der Waals surface area contributed by atoms with Gasteiger partial charge in [0.15, 0.2) is 0 Å². The van der Waals surface area contributed by atoms with E-state index in [0.29, 0.717) is 6.10 Å². The van der Waals surface area contributed by atoms with Crippen LogP contribution in [0.25, 0.3) is 0 Å². The molecule has 0 saturated carbocycles. The molecule has 0 atom stereocenters. The van der Waals surface area contributed by atoms with Crippen LogP contribution in [0, 0.1) is 0 Å². The zero-order valence-electron chi connectivity index (χ0n) is 10.3. The topological polar surface area (TPSA) is 73.3 Å². The van der Waals surface area contributed by atoms with E-state index in [-0.39, 0.29) is 5.54 Å². The van der Waals surface area contributed by atoms with E-state index in [9.17, 15) is 0 Å². The SMILES string of the molecule is CC(C)OCCC(C)(C)N.CCNN. The fraction of sp³-hybridized carbons (Fsp3) is 1.00. The molecule has 0 aliphatic rings. The predicted molar refractivity (Wildman–Crippen MR) is 61.8 cm³/mol. The summed E-state index contributed by atoms with van der Waals surface area (Å²) in [6, 6.07) is 0. The number of hydrazine groups is 1. The molecule has 0 aliphatic heterocycles. The highest BCUT2D eigenvalue weighted by atomic mass is 16.5. The Hall–Kier alpha value is -0.160. The highest BCUT2D eigenvalue weighted by Crippen LogP contribution is 2.03. The second kappa shape index (κ2) is 9.40. The Balaban J connectivity index is 0. The third-order valence-electron chi connectivity index (χ3n) is 1.40. The second-order valence-corrected chi connectivity index (χ2v) is 4.22. The summed E-state index contributed by atoms with van der Waals surface area (Å²) in [4.78, 5) is 0. The second-order valence-electron chi connectivity index (χ2n) is 4.22. The lowest BCUT2D eigenvalue weighted by Crippen LogP contribution is -2.33. The highest BCUT2D eigenvalue weighted by molar-refractivity contribution is 4.70. The molecule has 5 N–H and O–H groups in total.